The molecule has 0 saturated heterocycles. The molecule has 0 aromatic heterocycles. The van der Waals surface area contributed by atoms with Crippen molar-refractivity contribution in [1.29, 1.82) is 0 Å². The molecule has 7 nitrogen and oxygen atoms in total. The predicted molar refractivity (Wildman–Crippen MR) is 104 cm³/mol. The summed E-state index contributed by atoms with van der Waals surface area (Å²) < 4.78 is 11.8. The lowest BCUT2D eigenvalue weighted by Gasteiger charge is -2.14. The van der Waals surface area contributed by atoms with Gasteiger partial charge in [-0.15, -0.1) is 0 Å². The zero-order valence-corrected chi connectivity index (χ0v) is 16.1. The average Bonchev–Trinajstić information content (AvgIpc) is 2.60. The summed E-state index contributed by atoms with van der Waals surface area (Å²) in [6.45, 7) is 1.12. The largest absolute Gasteiger partial charge is 0.478 e. The zero-order valence-electron chi connectivity index (χ0n) is 14.5. The molecule has 1 atom stereocenters. The molecule has 0 radical (unpaired) electrons. The Morgan fingerprint density at radius 3 is 2.37 bits per heavy atom. The number of carboxylic acids is 1. The summed E-state index contributed by atoms with van der Waals surface area (Å²) in [6.07, 6.45) is 1.45. The molecule has 3 N–H and O–H groups in total. The van der Waals surface area contributed by atoms with E-state index in [1.807, 2.05) is 0 Å². The fraction of sp³-hybridized carbons (Fsp3) is 0.167. The van der Waals surface area contributed by atoms with Gasteiger partial charge in [0.1, 0.15) is 0 Å². The lowest BCUT2D eigenvalue weighted by molar-refractivity contribution is -0.114. The number of nitrogens with one attached hydrogen (secondary N) is 2. The van der Waals surface area contributed by atoms with E-state index >= 15 is 0 Å². The van der Waals surface area contributed by atoms with E-state index in [-0.39, 0.29) is 34.2 Å². The van der Waals surface area contributed by atoms with E-state index in [1.54, 1.807) is 12.1 Å². The Balaban J connectivity index is 2.20. The van der Waals surface area contributed by atoms with Gasteiger partial charge in [0.25, 0.3) is 0 Å². The minimum Gasteiger partial charge on any atom is -0.478 e. The number of carbonyl (C=O) groups is 3. The van der Waals surface area contributed by atoms with Crippen molar-refractivity contribution in [2.45, 2.75) is 11.8 Å². The molecular formula is C18H17ClN2O5S. The van der Waals surface area contributed by atoms with Crippen LogP contribution in [0.25, 0.3) is 0 Å². The average molecular weight is 409 g/mol. The van der Waals surface area contributed by atoms with Crippen LogP contribution in [0.1, 0.15) is 27.6 Å². The summed E-state index contributed by atoms with van der Waals surface area (Å²) in [5.41, 5.74) is 0.701. The first-order chi connectivity index (χ1) is 12.7. The number of Topliss-reactive ketones (excluding diaryl/α,β-unsaturated/α-hetero) is 1. The van der Waals surface area contributed by atoms with E-state index in [0.29, 0.717) is 10.6 Å². The van der Waals surface area contributed by atoms with Gasteiger partial charge in [-0.25, -0.2) is 4.79 Å². The molecule has 142 valence electrons. The molecule has 0 aliphatic rings. The molecule has 1 amide bonds. The van der Waals surface area contributed by atoms with E-state index in [2.05, 4.69) is 10.6 Å². The molecule has 0 saturated carbocycles. The highest BCUT2D eigenvalue weighted by molar-refractivity contribution is 7.84. The van der Waals surface area contributed by atoms with Gasteiger partial charge in [0.2, 0.25) is 5.91 Å². The normalized spacial score (nSPS) is 11.5. The third-order valence-electron chi connectivity index (χ3n) is 3.63. The van der Waals surface area contributed by atoms with Gasteiger partial charge in [-0.2, -0.15) is 0 Å². The number of halogens is 1. The van der Waals surface area contributed by atoms with Crippen molar-refractivity contribution in [2.24, 2.45) is 0 Å². The summed E-state index contributed by atoms with van der Waals surface area (Å²) in [4.78, 5) is 35.5. The second-order valence-electron chi connectivity index (χ2n) is 5.59. The van der Waals surface area contributed by atoms with Crippen LogP contribution in [-0.4, -0.2) is 39.8 Å². The van der Waals surface area contributed by atoms with Gasteiger partial charge in [0.05, 0.1) is 38.5 Å². The van der Waals surface area contributed by atoms with Gasteiger partial charge < -0.3 is 15.7 Å². The summed E-state index contributed by atoms with van der Waals surface area (Å²) in [5, 5.41) is 14.7. The molecule has 2 aromatic rings. The molecular weight excluding hydrogens is 392 g/mol. The molecule has 0 spiro atoms. The van der Waals surface area contributed by atoms with E-state index in [9.17, 15) is 18.6 Å². The highest BCUT2D eigenvalue weighted by atomic mass is 35.5. The topological polar surface area (TPSA) is 113 Å². The number of ketones is 1. The van der Waals surface area contributed by atoms with Crippen LogP contribution < -0.4 is 10.6 Å². The summed E-state index contributed by atoms with van der Waals surface area (Å²) in [5.74, 6) is -1.94. The van der Waals surface area contributed by atoms with Crippen LogP contribution in [0.2, 0.25) is 5.02 Å². The number of anilines is 2. The van der Waals surface area contributed by atoms with Crippen molar-refractivity contribution in [3.63, 3.8) is 0 Å². The Bertz CT molecular complexity index is 945. The van der Waals surface area contributed by atoms with Gasteiger partial charge in [-0.05, 0) is 31.2 Å². The standard InChI is InChI=1S/C18H17ClN2O5S/c1-10(22)12-7-13(19)16(27(2)26)8-15(12)20-9-17(23)21-14-6-4-3-5-11(14)18(24)25/h3-8,20H,9H2,1-2H3,(H,21,23)(H,24,25). The molecule has 2 aromatic carbocycles. The van der Waals surface area contributed by atoms with Crippen LogP contribution in [0.4, 0.5) is 11.4 Å². The van der Waals surface area contributed by atoms with Gasteiger partial charge in [-0.3, -0.25) is 13.8 Å². The molecule has 9 heteroatoms. The fourth-order valence-corrected chi connectivity index (χ4v) is 3.47. The van der Waals surface area contributed by atoms with Crippen LogP contribution in [0.15, 0.2) is 41.3 Å². The number of benzene rings is 2. The second-order valence-corrected chi connectivity index (χ2v) is 7.35. The van der Waals surface area contributed by atoms with Crippen LogP contribution in [0, 0.1) is 0 Å². The van der Waals surface area contributed by atoms with E-state index in [4.69, 9.17) is 16.7 Å². The first-order valence-corrected chi connectivity index (χ1v) is 9.68. The molecule has 0 aliphatic heterocycles. The summed E-state index contributed by atoms with van der Waals surface area (Å²) in [7, 11) is -1.38. The van der Waals surface area contributed by atoms with Crippen LogP contribution in [0.5, 0.6) is 0 Å². The highest BCUT2D eigenvalue weighted by Gasteiger charge is 2.16. The minimum absolute atomic E-state index is 0.0366. The Morgan fingerprint density at radius 2 is 1.78 bits per heavy atom. The van der Waals surface area contributed by atoms with Crippen molar-refractivity contribution >= 4 is 51.4 Å². The molecule has 0 heterocycles. The number of para-hydroxylation sites is 1. The van der Waals surface area contributed by atoms with Crippen molar-refractivity contribution in [3.05, 3.63) is 52.5 Å². The lowest BCUT2D eigenvalue weighted by Crippen LogP contribution is -2.23. The third kappa shape index (κ3) is 5.15. The minimum atomic E-state index is -1.38. The van der Waals surface area contributed by atoms with E-state index in [0.717, 1.165) is 0 Å². The number of hydrogen-bond acceptors (Lipinski definition) is 5. The van der Waals surface area contributed by atoms with Crippen LogP contribution >= 0.6 is 11.6 Å². The van der Waals surface area contributed by atoms with Crippen molar-refractivity contribution < 1.29 is 23.7 Å². The quantitative estimate of drug-likeness (QED) is 0.607. The first-order valence-electron chi connectivity index (χ1n) is 7.74. The number of hydrogen-bond donors (Lipinski definition) is 3. The maximum absolute atomic E-state index is 12.2. The van der Waals surface area contributed by atoms with Crippen molar-refractivity contribution in [2.75, 3.05) is 23.4 Å². The molecule has 0 bridgehead atoms. The predicted octanol–water partition coefficient (Wildman–Crippen LogP) is 3.03. The van der Waals surface area contributed by atoms with E-state index in [1.165, 1.54) is 37.4 Å². The number of amides is 1. The first kappa shape index (κ1) is 20.6. The SMILES string of the molecule is CC(=O)c1cc(Cl)c(S(C)=O)cc1NCC(=O)Nc1ccccc1C(=O)O. The molecule has 27 heavy (non-hydrogen) atoms. The molecule has 2 rings (SSSR count). The number of carboxylic acid groups (broad SMARTS) is 1. The Kier molecular flexibility index (Phi) is 6.70. The zero-order chi connectivity index (χ0) is 20.1. The van der Waals surface area contributed by atoms with Crippen LogP contribution in [0.3, 0.4) is 0 Å². The van der Waals surface area contributed by atoms with Gasteiger partial charge in [0, 0.05) is 17.5 Å². The fourth-order valence-electron chi connectivity index (χ4n) is 2.36. The number of carbonyl (C=O) groups excluding carboxylic acids is 2. The summed E-state index contributed by atoms with van der Waals surface area (Å²) in [6, 6.07) is 8.88. The Labute approximate surface area is 163 Å². The molecule has 1 unspecified atom stereocenters. The maximum Gasteiger partial charge on any atom is 0.337 e. The molecule has 0 fully saturated rings. The Morgan fingerprint density at radius 1 is 1.11 bits per heavy atom. The van der Waals surface area contributed by atoms with Crippen molar-refractivity contribution in [1.82, 2.24) is 0 Å². The lowest BCUT2D eigenvalue weighted by atomic mass is 10.1. The van der Waals surface area contributed by atoms with Gasteiger partial charge in [-0.1, -0.05) is 23.7 Å². The van der Waals surface area contributed by atoms with Gasteiger partial charge >= 0.3 is 5.97 Å². The third-order valence-corrected chi connectivity index (χ3v) is 5.01. The summed E-state index contributed by atoms with van der Waals surface area (Å²) >= 11 is 6.05. The van der Waals surface area contributed by atoms with E-state index < -0.39 is 22.7 Å². The Hall–Kier alpha value is -2.71. The van der Waals surface area contributed by atoms with Gasteiger partial charge in [0.15, 0.2) is 5.78 Å². The number of rotatable bonds is 7. The number of aromatic carboxylic acids is 1. The monoisotopic (exact) mass is 408 g/mol. The second kappa shape index (κ2) is 8.79. The maximum atomic E-state index is 12.2. The smallest absolute Gasteiger partial charge is 0.337 e. The highest BCUT2D eigenvalue weighted by Crippen LogP contribution is 2.28. The van der Waals surface area contributed by atoms with Crippen LogP contribution in [-0.2, 0) is 15.6 Å². The van der Waals surface area contributed by atoms with Crippen molar-refractivity contribution in [3.8, 4) is 0 Å². The molecule has 0 aliphatic carbocycles.